The molecule has 15 heavy (non-hydrogen) atoms. The minimum absolute atomic E-state index is 0.136. The van der Waals surface area contributed by atoms with Gasteiger partial charge in [0.15, 0.2) is 0 Å². The van der Waals surface area contributed by atoms with Crippen molar-refractivity contribution in [1.82, 2.24) is 10.3 Å². The Labute approximate surface area is 89.2 Å². The molecule has 2 rings (SSSR count). The van der Waals surface area contributed by atoms with Gasteiger partial charge in [-0.15, -0.1) is 0 Å². The van der Waals surface area contributed by atoms with Crippen molar-refractivity contribution in [2.24, 2.45) is 0 Å². The molecule has 0 radical (unpaired) electrons. The molecule has 4 nitrogen and oxygen atoms in total. The SMILES string of the molecule is CC1CC[C@@H](C(O)c2ccc(C=N)[nH]2)N1. The zero-order valence-corrected chi connectivity index (χ0v) is 8.83. The van der Waals surface area contributed by atoms with Crippen molar-refractivity contribution in [3.63, 3.8) is 0 Å². The smallest absolute Gasteiger partial charge is 0.109 e. The van der Waals surface area contributed by atoms with Crippen LogP contribution in [0.15, 0.2) is 12.1 Å². The van der Waals surface area contributed by atoms with Crippen molar-refractivity contribution >= 4 is 6.21 Å². The number of aromatic amines is 1. The molecular weight excluding hydrogens is 190 g/mol. The van der Waals surface area contributed by atoms with E-state index in [-0.39, 0.29) is 6.04 Å². The van der Waals surface area contributed by atoms with Crippen LogP contribution >= 0.6 is 0 Å². The summed E-state index contributed by atoms with van der Waals surface area (Å²) in [6.07, 6.45) is 2.87. The molecule has 0 amide bonds. The number of hydrogen-bond donors (Lipinski definition) is 4. The van der Waals surface area contributed by atoms with E-state index in [9.17, 15) is 5.11 Å². The third kappa shape index (κ3) is 2.11. The molecule has 1 aromatic heterocycles. The lowest BCUT2D eigenvalue weighted by molar-refractivity contribution is 0.132. The van der Waals surface area contributed by atoms with Gasteiger partial charge in [-0.25, -0.2) is 0 Å². The number of rotatable bonds is 3. The lowest BCUT2D eigenvalue weighted by Gasteiger charge is -2.18. The highest BCUT2D eigenvalue weighted by Crippen LogP contribution is 2.24. The molecule has 1 aromatic rings. The largest absolute Gasteiger partial charge is 0.385 e. The van der Waals surface area contributed by atoms with Crippen molar-refractivity contribution < 1.29 is 5.11 Å². The summed E-state index contributed by atoms with van der Waals surface area (Å²) < 4.78 is 0. The molecule has 3 atom stereocenters. The third-order valence-corrected chi connectivity index (χ3v) is 3.00. The van der Waals surface area contributed by atoms with Crippen LogP contribution in [0, 0.1) is 5.41 Å². The van der Waals surface area contributed by atoms with Crippen LogP contribution < -0.4 is 5.32 Å². The normalized spacial score (nSPS) is 27.9. The van der Waals surface area contributed by atoms with Crippen LogP contribution in [0.2, 0.25) is 0 Å². The summed E-state index contributed by atoms with van der Waals surface area (Å²) in [5, 5.41) is 20.5. The zero-order chi connectivity index (χ0) is 10.8. The monoisotopic (exact) mass is 207 g/mol. The number of aromatic nitrogens is 1. The Balaban J connectivity index is 2.06. The molecule has 2 heterocycles. The van der Waals surface area contributed by atoms with Gasteiger partial charge in [0.1, 0.15) is 6.10 Å². The number of nitrogens with one attached hydrogen (secondary N) is 3. The summed E-state index contributed by atoms with van der Waals surface area (Å²) in [5.74, 6) is 0. The lowest BCUT2D eigenvalue weighted by Crippen LogP contribution is -2.32. The Morgan fingerprint density at radius 2 is 2.33 bits per heavy atom. The van der Waals surface area contributed by atoms with Gasteiger partial charge in [0.05, 0.1) is 5.69 Å². The summed E-state index contributed by atoms with van der Waals surface area (Å²) in [4.78, 5) is 3.02. The van der Waals surface area contributed by atoms with Gasteiger partial charge in [-0.2, -0.15) is 0 Å². The maximum absolute atomic E-state index is 10.1. The van der Waals surface area contributed by atoms with Gasteiger partial charge < -0.3 is 20.8 Å². The first-order valence-corrected chi connectivity index (χ1v) is 5.34. The summed E-state index contributed by atoms with van der Waals surface area (Å²) in [6.45, 7) is 2.13. The van der Waals surface area contributed by atoms with E-state index in [1.165, 1.54) is 6.21 Å². The van der Waals surface area contributed by atoms with E-state index in [1.54, 1.807) is 0 Å². The molecule has 0 aromatic carbocycles. The van der Waals surface area contributed by atoms with Crippen molar-refractivity contribution in [3.05, 3.63) is 23.5 Å². The first-order valence-electron chi connectivity index (χ1n) is 5.34. The average Bonchev–Trinajstić information content (AvgIpc) is 2.84. The molecule has 1 fully saturated rings. The maximum atomic E-state index is 10.1. The van der Waals surface area contributed by atoms with Gasteiger partial charge in [0, 0.05) is 24.0 Å². The van der Waals surface area contributed by atoms with Gasteiger partial charge in [0.2, 0.25) is 0 Å². The Bertz CT molecular complexity index is 347. The summed E-state index contributed by atoms with van der Waals surface area (Å²) in [7, 11) is 0. The molecule has 0 saturated carbocycles. The first kappa shape index (κ1) is 10.4. The van der Waals surface area contributed by atoms with E-state index in [2.05, 4.69) is 17.2 Å². The summed E-state index contributed by atoms with van der Waals surface area (Å²) >= 11 is 0. The molecule has 0 aliphatic carbocycles. The van der Waals surface area contributed by atoms with E-state index in [1.807, 2.05) is 12.1 Å². The first-order chi connectivity index (χ1) is 7.20. The van der Waals surface area contributed by atoms with Gasteiger partial charge in [0.25, 0.3) is 0 Å². The van der Waals surface area contributed by atoms with E-state index in [4.69, 9.17) is 5.41 Å². The van der Waals surface area contributed by atoms with Gasteiger partial charge >= 0.3 is 0 Å². The number of aliphatic hydroxyl groups excluding tert-OH is 1. The molecule has 0 spiro atoms. The Kier molecular flexibility index (Phi) is 2.88. The maximum Gasteiger partial charge on any atom is 0.109 e. The second-order valence-corrected chi connectivity index (χ2v) is 4.21. The van der Waals surface area contributed by atoms with Crippen LogP contribution in [0.4, 0.5) is 0 Å². The molecule has 1 aliphatic rings. The fourth-order valence-electron chi connectivity index (χ4n) is 2.11. The summed E-state index contributed by atoms with van der Waals surface area (Å²) in [5.41, 5.74) is 1.52. The quantitative estimate of drug-likeness (QED) is 0.562. The number of hydrogen-bond acceptors (Lipinski definition) is 3. The number of aliphatic hydroxyl groups is 1. The van der Waals surface area contributed by atoms with Crippen LogP contribution in [0.25, 0.3) is 0 Å². The van der Waals surface area contributed by atoms with Crippen molar-refractivity contribution in [2.45, 2.75) is 38.0 Å². The molecule has 4 N–H and O–H groups in total. The molecular formula is C11H17N3O. The van der Waals surface area contributed by atoms with Crippen LogP contribution in [0.5, 0.6) is 0 Å². The molecule has 1 saturated heterocycles. The average molecular weight is 207 g/mol. The van der Waals surface area contributed by atoms with Crippen LogP contribution in [-0.2, 0) is 0 Å². The highest BCUT2D eigenvalue weighted by molar-refractivity contribution is 5.74. The minimum atomic E-state index is -0.497. The molecule has 0 bridgehead atoms. The molecule has 82 valence electrons. The molecule has 2 unspecified atom stereocenters. The van der Waals surface area contributed by atoms with Gasteiger partial charge in [-0.05, 0) is 31.9 Å². The minimum Gasteiger partial charge on any atom is -0.385 e. The topological polar surface area (TPSA) is 71.9 Å². The van der Waals surface area contributed by atoms with Crippen LogP contribution in [-0.4, -0.2) is 28.4 Å². The highest BCUT2D eigenvalue weighted by atomic mass is 16.3. The molecule has 1 aliphatic heterocycles. The van der Waals surface area contributed by atoms with Crippen LogP contribution in [0.1, 0.15) is 37.3 Å². The standard InChI is InChI=1S/C11H17N3O/c1-7-2-4-9(13-7)11(15)10-5-3-8(6-12)14-10/h3,5-7,9,11-15H,2,4H2,1H3/t7?,9-,11?/m0/s1. The van der Waals surface area contributed by atoms with E-state index in [0.29, 0.717) is 6.04 Å². The Hall–Kier alpha value is -1.13. The zero-order valence-electron chi connectivity index (χ0n) is 8.83. The predicted octanol–water partition coefficient (Wildman–Crippen LogP) is 1.19. The van der Waals surface area contributed by atoms with Crippen molar-refractivity contribution in [3.8, 4) is 0 Å². The molecule has 4 heteroatoms. The Morgan fingerprint density at radius 3 is 2.87 bits per heavy atom. The summed E-state index contributed by atoms with van der Waals surface area (Å²) in [6, 6.07) is 4.28. The van der Waals surface area contributed by atoms with Crippen molar-refractivity contribution in [2.75, 3.05) is 0 Å². The predicted molar refractivity (Wildman–Crippen MR) is 59.3 cm³/mol. The highest BCUT2D eigenvalue weighted by Gasteiger charge is 2.28. The fraction of sp³-hybridized carbons (Fsp3) is 0.545. The lowest BCUT2D eigenvalue weighted by atomic mass is 10.1. The van der Waals surface area contributed by atoms with E-state index >= 15 is 0 Å². The van der Waals surface area contributed by atoms with Crippen molar-refractivity contribution in [1.29, 1.82) is 5.41 Å². The second-order valence-electron chi connectivity index (χ2n) is 4.21. The second kappa shape index (κ2) is 4.16. The van der Waals surface area contributed by atoms with Gasteiger partial charge in [-0.3, -0.25) is 0 Å². The van der Waals surface area contributed by atoms with Gasteiger partial charge in [-0.1, -0.05) is 0 Å². The number of H-pyrrole nitrogens is 1. The van der Waals surface area contributed by atoms with E-state index in [0.717, 1.165) is 24.2 Å². The fourth-order valence-corrected chi connectivity index (χ4v) is 2.11. The Morgan fingerprint density at radius 1 is 1.53 bits per heavy atom. The third-order valence-electron chi connectivity index (χ3n) is 3.00. The van der Waals surface area contributed by atoms with E-state index < -0.39 is 6.10 Å². The van der Waals surface area contributed by atoms with Crippen LogP contribution in [0.3, 0.4) is 0 Å².